The molecule has 0 spiro atoms. The van der Waals surface area contributed by atoms with Crippen LogP contribution in [0.2, 0.25) is 0 Å². The quantitative estimate of drug-likeness (QED) is 0.654. The highest BCUT2D eigenvalue weighted by Gasteiger charge is 2.31. The number of ether oxygens (including phenoxy) is 1. The number of fused-ring (bicyclic) bond motifs is 3. The largest absolute Gasteiger partial charge is 0.476 e. The highest BCUT2D eigenvalue weighted by molar-refractivity contribution is 7.13. The number of benzene rings is 2. The van der Waals surface area contributed by atoms with Crippen molar-refractivity contribution < 1.29 is 19.4 Å². The summed E-state index contributed by atoms with van der Waals surface area (Å²) in [5.41, 5.74) is 4.80. The summed E-state index contributed by atoms with van der Waals surface area (Å²) in [4.78, 5) is 25.5. The lowest BCUT2D eigenvalue weighted by atomic mass is 9.98. The van der Waals surface area contributed by atoms with Crippen molar-refractivity contribution in [1.29, 1.82) is 0 Å². The third-order valence-electron chi connectivity index (χ3n) is 6.06. The number of piperidine rings is 1. The number of amides is 1. The van der Waals surface area contributed by atoms with Crippen molar-refractivity contribution in [2.24, 2.45) is 0 Å². The van der Waals surface area contributed by atoms with Gasteiger partial charge in [-0.15, -0.1) is 10.2 Å². The minimum Gasteiger partial charge on any atom is -0.476 e. The first-order valence-electron chi connectivity index (χ1n) is 10.3. The van der Waals surface area contributed by atoms with E-state index in [-0.39, 0.29) is 22.9 Å². The van der Waals surface area contributed by atoms with Gasteiger partial charge in [0.1, 0.15) is 11.6 Å². The molecule has 1 aliphatic carbocycles. The number of hydrogen-bond acceptors (Lipinski definition) is 6. The first kappa shape index (κ1) is 19.7. The summed E-state index contributed by atoms with van der Waals surface area (Å²) in [6.07, 6.45) is 1.14. The minimum absolute atomic E-state index is 0.00830. The van der Waals surface area contributed by atoms with Gasteiger partial charge in [0.05, 0.1) is 0 Å². The summed E-state index contributed by atoms with van der Waals surface area (Å²) in [6, 6.07) is 16.5. The van der Waals surface area contributed by atoms with Crippen molar-refractivity contribution in [3.8, 4) is 11.1 Å². The summed E-state index contributed by atoms with van der Waals surface area (Å²) in [5.74, 6) is -0.882. The molecule has 2 aromatic carbocycles. The Morgan fingerprint density at radius 1 is 1.00 bits per heavy atom. The van der Waals surface area contributed by atoms with E-state index < -0.39 is 5.97 Å². The van der Waals surface area contributed by atoms with Gasteiger partial charge in [-0.2, -0.15) is 0 Å². The smallest absolute Gasteiger partial charge is 0.409 e. The molecule has 0 bridgehead atoms. The Balaban J connectivity index is 1.21. The fraction of sp³-hybridized carbons (Fsp3) is 0.304. The average molecular weight is 436 g/mol. The topological polar surface area (TPSA) is 92.6 Å². The van der Waals surface area contributed by atoms with Crippen molar-refractivity contribution in [2.45, 2.75) is 24.7 Å². The molecule has 7 nitrogen and oxygen atoms in total. The summed E-state index contributed by atoms with van der Waals surface area (Å²) < 4.78 is 5.74. The molecule has 1 fully saturated rings. The van der Waals surface area contributed by atoms with Crippen molar-refractivity contribution in [3.05, 3.63) is 69.7 Å². The van der Waals surface area contributed by atoms with E-state index in [1.807, 2.05) is 24.3 Å². The molecule has 5 rings (SSSR count). The van der Waals surface area contributed by atoms with Crippen molar-refractivity contribution in [2.75, 3.05) is 19.7 Å². The molecule has 1 saturated heterocycles. The van der Waals surface area contributed by atoms with Gasteiger partial charge in [0, 0.05) is 24.9 Å². The van der Waals surface area contributed by atoms with Gasteiger partial charge in [-0.25, -0.2) is 9.59 Å². The maximum absolute atomic E-state index is 12.7. The van der Waals surface area contributed by atoms with Gasteiger partial charge in [0.15, 0.2) is 0 Å². The lowest BCUT2D eigenvalue weighted by Crippen LogP contribution is -2.38. The monoisotopic (exact) mass is 435 g/mol. The Labute approximate surface area is 183 Å². The van der Waals surface area contributed by atoms with Crippen LogP contribution in [0.25, 0.3) is 11.1 Å². The van der Waals surface area contributed by atoms with Crippen LogP contribution in [-0.2, 0) is 4.74 Å². The van der Waals surface area contributed by atoms with Crippen LogP contribution in [0.5, 0.6) is 0 Å². The van der Waals surface area contributed by atoms with Gasteiger partial charge in [-0.05, 0) is 35.1 Å². The number of carboxylic acids is 1. The zero-order valence-electron chi connectivity index (χ0n) is 16.7. The number of carbonyl (C=O) groups excluding carboxylic acids is 1. The van der Waals surface area contributed by atoms with Crippen LogP contribution in [0, 0.1) is 0 Å². The maximum atomic E-state index is 12.7. The second-order valence-electron chi connectivity index (χ2n) is 7.82. The number of hydrogen-bond donors (Lipinski definition) is 1. The van der Waals surface area contributed by atoms with E-state index in [2.05, 4.69) is 34.5 Å². The maximum Gasteiger partial charge on any atom is 0.409 e. The van der Waals surface area contributed by atoms with E-state index in [0.717, 1.165) is 29.2 Å². The van der Waals surface area contributed by atoms with E-state index >= 15 is 0 Å². The third-order valence-corrected chi connectivity index (χ3v) is 7.14. The summed E-state index contributed by atoms with van der Waals surface area (Å²) >= 11 is 1.11. The van der Waals surface area contributed by atoms with Gasteiger partial charge in [-0.3, -0.25) is 0 Å². The molecule has 8 heteroatoms. The molecule has 0 atom stereocenters. The lowest BCUT2D eigenvalue weighted by molar-refractivity contribution is 0.0695. The molecule has 31 heavy (non-hydrogen) atoms. The van der Waals surface area contributed by atoms with E-state index in [0.29, 0.717) is 19.7 Å². The number of carboxylic acid groups (broad SMARTS) is 1. The Morgan fingerprint density at radius 2 is 1.61 bits per heavy atom. The molecule has 1 N–H and O–H groups in total. The van der Waals surface area contributed by atoms with Crippen molar-refractivity contribution >= 4 is 23.4 Å². The Morgan fingerprint density at radius 3 is 2.19 bits per heavy atom. The molecule has 1 aromatic heterocycles. The normalized spacial score (nSPS) is 16.1. The van der Waals surface area contributed by atoms with Gasteiger partial charge >= 0.3 is 12.1 Å². The molecule has 0 unspecified atom stereocenters. The number of nitrogens with zero attached hydrogens (tertiary/aromatic N) is 3. The van der Waals surface area contributed by atoms with Crippen LogP contribution in [-0.4, -0.2) is 52.0 Å². The van der Waals surface area contributed by atoms with Crippen LogP contribution >= 0.6 is 11.3 Å². The zero-order chi connectivity index (χ0) is 21.4. The third kappa shape index (κ3) is 3.67. The predicted octanol–water partition coefficient (Wildman–Crippen LogP) is 4.36. The standard InChI is InChI=1S/C23H21N3O4S/c27-22(28)21-25-24-20(31-21)14-9-11-26(12-10-14)23(29)30-13-19-17-7-3-1-5-15(17)16-6-2-4-8-18(16)19/h1-8,14,19H,9-13H2,(H,27,28). The number of rotatable bonds is 4. The van der Waals surface area contributed by atoms with Crippen molar-refractivity contribution in [3.63, 3.8) is 0 Å². The van der Waals surface area contributed by atoms with E-state index in [9.17, 15) is 9.59 Å². The molecule has 2 heterocycles. The molecule has 0 radical (unpaired) electrons. The van der Waals surface area contributed by atoms with Gasteiger partial charge < -0.3 is 14.7 Å². The Hall–Kier alpha value is -3.26. The number of likely N-dealkylation sites (tertiary alicyclic amines) is 1. The average Bonchev–Trinajstić information content (AvgIpc) is 3.42. The zero-order valence-corrected chi connectivity index (χ0v) is 17.5. The molecule has 0 saturated carbocycles. The van der Waals surface area contributed by atoms with Crippen LogP contribution in [0.15, 0.2) is 48.5 Å². The van der Waals surface area contributed by atoms with E-state index in [4.69, 9.17) is 9.84 Å². The van der Waals surface area contributed by atoms with Crippen LogP contribution in [0.4, 0.5) is 4.79 Å². The van der Waals surface area contributed by atoms with E-state index in [1.165, 1.54) is 22.3 Å². The van der Waals surface area contributed by atoms with Crippen LogP contribution < -0.4 is 0 Å². The van der Waals surface area contributed by atoms with Gasteiger partial charge in [0.25, 0.3) is 0 Å². The minimum atomic E-state index is -1.06. The van der Waals surface area contributed by atoms with Crippen LogP contribution in [0.1, 0.15) is 50.6 Å². The van der Waals surface area contributed by atoms with Gasteiger partial charge in [-0.1, -0.05) is 59.9 Å². The van der Waals surface area contributed by atoms with E-state index in [1.54, 1.807) is 4.90 Å². The number of aromatic nitrogens is 2. The fourth-order valence-electron chi connectivity index (χ4n) is 4.48. The number of carbonyl (C=O) groups is 2. The molecule has 1 amide bonds. The molecular weight excluding hydrogens is 414 g/mol. The summed E-state index contributed by atoms with van der Waals surface area (Å²) in [5, 5.41) is 17.5. The highest BCUT2D eigenvalue weighted by atomic mass is 32.1. The summed E-state index contributed by atoms with van der Waals surface area (Å²) in [6.45, 7) is 1.43. The van der Waals surface area contributed by atoms with Gasteiger partial charge in [0.2, 0.25) is 5.01 Å². The first-order chi connectivity index (χ1) is 15.1. The van der Waals surface area contributed by atoms with Crippen molar-refractivity contribution in [1.82, 2.24) is 15.1 Å². The fourth-order valence-corrected chi connectivity index (χ4v) is 5.33. The Bertz CT molecular complexity index is 1090. The SMILES string of the molecule is O=C(O)c1nnc(C2CCN(C(=O)OCC3c4ccccc4-c4ccccc43)CC2)s1. The second kappa shape index (κ2) is 8.11. The molecule has 2 aliphatic rings. The molecular formula is C23H21N3O4S. The Kier molecular flexibility index (Phi) is 5.15. The second-order valence-corrected chi connectivity index (χ2v) is 8.83. The molecule has 1 aliphatic heterocycles. The lowest BCUT2D eigenvalue weighted by Gasteiger charge is -2.30. The predicted molar refractivity (Wildman–Crippen MR) is 115 cm³/mol. The number of aromatic carboxylic acids is 1. The summed E-state index contributed by atoms with van der Waals surface area (Å²) in [7, 11) is 0. The highest BCUT2D eigenvalue weighted by Crippen LogP contribution is 2.44. The molecule has 158 valence electrons. The van der Waals surface area contributed by atoms with Crippen LogP contribution in [0.3, 0.4) is 0 Å². The first-order valence-corrected chi connectivity index (χ1v) is 11.1. The molecule has 3 aromatic rings.